The van der Waals surface area contributed by atoms with Crippen molar-refractivity contribution in [2.75, 3.05) is 64.7 Å². The Morgan fingerprint density at radius 2 is 1.57 bits per heavy atom. The largest absolute Gasteiger partial charge is 0.489 e. The second-order valence-electron chi connectivity index (χ2n) is 17.4. The van der Waals surface area contributed by atoms with Gasteiger partial charge in [-0.1, -0.05) is 83.7 Å². The van der Waals surface area contributed by atoms with E-state index in [2.05, 4.69) is 38.6 Å². The quantitative estimate of drug-likeness (QED) is 0.0496. The zero-order valence-electron chi connectivity index (χ0n) is 43.4. The number of imide groups is 1. The van der Waals surface area contributed by atoms with Crippen LogP contribution in [0.2, 0.25) is 10.3 Å². The molecule has 4 aromatic rings. The second-order valence-corrected chi connectivity index (χ2v) is 19.9. The van der Waals surface area contributed by atoms with Gasteiger partial charge < -0.3 is 34.6 Å². The number of nitrogens with zero attached hydrogens (tertiary/aromatic N) is 6. The van der Waals surface area contributed by atoms with E-state index in [4.69, 9.17) is 83.8 Å². The monoisotopic (exact) mass is 1150 g/mol. The molecule has 75 heavy (non-hydrogen) atoms. The lowest BCUT2D eigenvalue weighted by Crippen LogP contribution is -2.47. The number of aromatic nitrogens is 3. The molecule has 3 heterocycles. The molecule has 0 saturated heterocycles. The number of carbonyl (C=O) groups is 5. The van der Waals surface area contributed by atoms with Gasteiger partial charge >= 0.3 is 5.97 Å². The van der Waals surface area contributed by atoms with E-state index in [-0.39, 0.29) is 64.6 Å². The molecule has 7 rings (SSSR count). The number of benzene rings is 3. The Kier molecular flexibility index (Phi) is 25.4. The molecular formula is C53H64Cl6N8O8. The lowest BCUT2D eigenvalue weighted by Gasteiger charge is -2.35. The maximum atomic E-state index is 12.7. The maximum absolute atomic E-state index is 12.7. The lowest BCUT2D eigenvalue weighted by atomic mass is 9.93. The molecule has 0 fully saturated rings. The molecule has 16 nitrogen and oxygen atoms in total. The van der Waals surface area contributed by atoms with E-state index >= 15 is 0 Å². The molecular weight excluding hydrogens is 1090 g/mol. The SMILES string of the molecule is CC1COc2ccccc2N1C(=O)C(Cl)Cl.CCNc1nc(Cl)nc(NC(C)C)n1.CCOC(=O)/C(Cl)=C/c1cc(N2C(=O)C3=C(CCCC3)C2=O)ccc1Cl.CCc1cccc(C)c1N(C(=O)CCl)C(C)COC. The van der Waals surface area contributed by atoms with Gasteiger partial charge in [0.1, 0.15) is 23.3 Å². The number of rotatable bonds is 15. The number of amides is 4. The Bertz CT molecular complexity index is 2680. The number of methoxy groups -OCH3 is 1. The normalized spacial score (nSPS) is 15.3. The number of carbonyl (C=O) groups excluding carboxylic acids is 5. The number of aryl methyl sites for hydroxylation is 2. The van der Waals surface area contributed by atoms with Crippen LogP contribution in [-0.4, -0.2) is 107 Å². The van der Waals surface area contributed by atoms with Crippen molar-refractivity contribution in [3.63, 3.8) is 0 Å². The molecule has 2 unspecified atom stereocenters. The predicted octanol–water partition coefficient (Wildman–Crippen LogP) is 11.8. The number of hydrogen-bond acceptors (Lipinski definition) is 13. The zero-order valence-corrected chi connectivity index (χ0v) is 48.0. The first-order chi connectivity index (χ1) is 35.7. The van der Waals surface area contributed by atoms with Crippen molar-refractivity contribution in [2.24, 2.45) is 0 Å². The van der Waals surface area contributed by atoms with Crippen molar-refractivity contribution in [1.29, 1.82) is 0 Å². The van der Waals surface area contributed by atoms with Crippen molar-refractivity contribution >= 4 is 134 Å². The van der Waals surface area contributed by atoms with Crippen LogP contribution >= 0.6 is 69.6 Å². The van der Waals surface area contributed by atoms with Crippen LogP contribution in [0.3, 0.4) is 0 Å². The number of ether oxygens (including phenoxy) is 3. The highest BCUT2D eigenvalue weighted by molar-refractivity contribution is 6.54. The van der Waals surface area contributed by atoms with Crippen LogP contribution in [0.4, 0.5) is 29.0 Å². The van der Waals surface area contributed by atoms with Gasteiger partial charge in [-0.05, 0) is 145 Å². The van der Waals surface area contributed by atoms with Crippen molar-refractivity contribution in [3.8, 4) is 5.75 Å². The Morgan fingerprint density at radius 1 is 0.920 bits per heavy atom. The van der Waals surface area contributed by atoms with E-state index in [0.29, 0.717) is 71.1 Å². The zero-order chi connectivity index (χ0) is 55.5. The summed E-state index contributed by atoms with van der Waals surface area (Å²) in [5.41, 5.74) is 5.97. The summed E-state index contributed by atoms with van der Waals surface area (Å²) < 4.78 is 15.5. The van der Waals surface area contributed by atoms with E-state index in [9.17, 15) is 24.0 Å². The molecule has 2 atom stereocenters. The van der Waals surface area contributed by atoms with Gasteiger partial charge in [0, 0.05) is 35.9 Å². The summed E-state index contributed by atoms with van der Waals surface area (Å²) in [6.45, 7) is 17.5. The van der Waals surface area contributed by atoms with E-state index in [1.165, 1.54) is 11.0 Å². The molecule has 2 aliphatic heterocycles. The van der Waals surface area contributed by atoms with Gasteiger partial charge in [-0.3, -0.25) is 19.2 Å². The molecule has 1 aromatic heterocycles. The molecule has 4 amide bonds. The summed E-state index contributed by atoms with van der Waals surface area (Å²) in [6.07, 6.45) is 5.33. The lowest BCUT2D eigenvalue weighted by molar-refractivity contribution is -0.137. The van der Waals surface area contributed by atoms with Crippen LogP contribution in [0, 0.1) is 6.92 Å². The van der Waals surface area contributed by atoms with Crippen LogP contribution in [0.1, 0.15) is 90.8 Å². The summed E-state index contributed by atoms with van der Waals surface area (Å²) in [7, 11) is 1.64. The van der Waals surface area contributed by atoms with Crippen LogP contribution in [0.5, 0.6) is 5.75 Å². The summed E-state index contributed by atoms with van der Waals surface area (Å²) in [4.78, 5) is 76.6. The Balaban J connectivity index is 0.000000223. The van der Waals surface area contributed by atoms with Crippen LogP contribution in [0.15, 0.2) is 76.8 Å². The van der Waals surface area contributed by atoms with E-state index in [1.807, 2.05) is 77.9 Å². The number of fused-ring (bicyclic) bond motifs is 1. The highest BCUT2D eigenvalue weighted by Crippen LogP contribution is 2.38. The van der Waals surface area contributed by atoms with Gasteiger partial charge in [0.15, 0.2) is 4.84 Å². The smallest absolute Gasteiger partial charge is 0.349 e. The van der Waals surface area contributed by atoms with E-state index in [0.717, 1.165) is 48.3 Å². The second kappa shape index (κ2) is 30.5. The van der Waals surface area contributed by atoms with Crippen molar-refractivity contribution in [1.82, 2.24) is 15.0 Å². The first-order valence-corrected chi connectivity index (χ1v) is 26.9. The van der Waals surface area contributed by atoms with Crippen LogP contribution in [0.25, 0.3) is 6.08 Å². The summed E-state index contributed by atoms with van der Waals surface area (Å²) in [5.74, 6) is 0.0280. The van der Waals surface area contributed by atoms with Crippen molar-refractivity contribution < 1.29 is 38.2 Å². The fourth-order valence-electron chi connectivity index (χ4n) is 8.12. The van der Waals surface area contributed by atoms with Gasteiger partial charge in [0.2, 0.25) is 23.1 Å². The number of nitrogens with one attached hydrogen (secondary N) is 2. The molecule has 406 valence electrons. The predicted molar refractivity (Wildman–Crippen MR) is 302 cm³/mol. The number of alkyl halides is 3. The molecule has 0 bridgehead atoms. The molecule has 1 aliphatic carbocycles. The van der Waals surface area contributed by atoms with E-state index < -0.39 is 10.8 Å². The average molecular weight is 1150 g/mol. The Hall–Kier alpha value is -5.20. The van der Waals surface area contributed by atoms with E-state index in [1.54, 1.807) is 42.0 Å². The Labute approximate surface area is 469 Å². The first-order valence-electron chi connectivity index (χ1n) is 24.4. The molecule has 3 aromatic carbocycles. The van der Waals surface area contributed by atoms with Gasteiger partial charge in [0.05, 0.1) is 42.4 Å². The van der Waals surface area contributed by atoms with Gasteiger partial charge in [-0.25, -0.2) is 9.69 Å². The number of anilines is 5. The summed E-state index contributed by atoms with van der Waals surface area (Å²) in [6, 6.07) is 18.3. The third-order valence-electron chi connectivity index (χ3n) is 11.4. The molecule has 0 saturated carbocycles. The van der Waals surface area contributed by atoms with Crippen molar-refractivity contribution in [3.05, 3.63) is 104 Å². The standard InChI is InChI=1S/C19H17Cl2NO4.C15H22ClNO2.C11H11Cl2NO2.C8H14ClN5/c1-2-26-19(25)16(21)10-11-9-12(7-8-15(11)20)22-17(23)13-5-3-4-6-14(13)18(22)24;1-5-13-8-6-7-11(2)15(13)17(14(18)9-16)12(3)10-19-4;1-7-6-16-9-5-3-2-4-8(9)14(7)11(15)10(12)13;1-4-10-7-12-6(9)13-8(14-7)11-5(2)3/h7-10H,2-6H2,1H3;6-8,12H,5,9-10H2,1-4H3;2-5,7,10H,6H2,1H3;5H,4H2,1-3H3,(H2,10,11,12,13,14)/b16-10-;;;. The summed E-state index contributed by atoms with van der Waals surface area (Å²) >= 11 is 34.9. The number of esters is 1. The highest BCUT2D eigenvalue weighted by atomic mass is 35.5. The summed E-state index contributed by atoms with van der Waals surface area (Å²) in [5, 5.41) is 6.43. The molecule has 0 spiro atoms. The topological polar surface area (TPSA) is 185 Å². The number of hydrogen-bond donors (Lipinski definition) is 2. The van der Waals surface area contributed by atoms with Crippen LogP contribution < -0.4 is 30.1 Å². The number of halogens is 6. The molecule has 2 N–H and O–H groups in total. The minimum atomic E-state index is -1.05. The average Bonchev–Trinajstić information content (AvgIpc) is 3.63. The maximum Gasteiger partial charge on any atom is 0.349 e. The van der Waals surface area contributed by atoms with Gasteiger partial charge in [-0.2, -0.15) is 15.0 Å². The minimum absolute atomic E-state index is 0.0223. The molecule has 22 heteroatoms. The first kappa shape index (κ1) is 62.3. The minimum Gasteiger partial charge on any atom is -0.489 e. The highest BCUT2D eigenvalue weighted by Gasteiger charge is 2.40. The Morgan fingerprint density at radius 3 is 2.16 bits per heavy atom. The molecule has 3 aliphatic rings. The third-order valence-corrected chi connectivity index (χ3v) is 12.8. The van der Waals surface area contributed by atoms with Gasteiger partial charge in [0.25, 0.3) is 17.7 Å². The van der Waals surface area contributed by atoms with Gasteiger partial charge in [-0.15, -0.1) is 11.6 Å². The fourth-order valence-corrected chi connectivity index (χ4v) is 8.97. The fraction of sp³-hybridized carbons (Fsp3) is 0.434. The van der Waals surface area contributed by atoms with Crippen LogP contribution in [-0.2, 0) is 39.9 Å². The molecule has 0 radical (unpaired) electrons. The number of para-hydroxylation sites is 3. The third kappa shape index (κ3) is 17.1. The van der Waals surface area contributed by atoms with Crippen molar-refractivity contribution in [2.45, 2.75) is 110 Å².